The van der Waals surface area contributed by atoms with Gasteiger partial charge < -0.3 is 10.6 Å². The van der Waals surface area contributed by atoms with Gasteiger partial charge in [-0.15, -0.1) is 0 Å². The molecule has 0 aromatic heterocycles. The van der Waals surface area contributed by atoms with Crippen molar-refractivity contribution in [3.63, 3.8) is 0 Å². The molecule has 1 rings (SSSR count). The lowest BCUT2D eigenvalue weighted by molar-refractivity contribution is 0.593. The first-order chi connectivity index (χ1) is 7.43. The number of rotatable bonds is 4. The highest BCUT2D eigenvalue weighted by atomic mass is 19.1. The zero-order valence-electron chi connectivity index (χ0n) is 10.5. The van der Waals surface area contributed by atoms with E-state index in [0.29, 0.717) is 11.6 Å². The normalized spacial score (nSPS) is 12.9. The summed E-state index contributed by atoms with van der Waals surface area (Å²) in [5.41, 5.74) is 7.35. The molecule has 0 aliphatic heterocycles. The fourth-order valence-corrected chi connectivity index (χ4v) is 1.94. The predicted octanol–water partition coefficient (Wildman–Crippen LogP) is 2.94. The first-order valence-corrected chi connectivity index (χ1v) is 5.68. The fourth-order valence-electron chi connectivity index (χ4n) is 1.94. The van der Waals surface area contributed by atoms with Crippen LogP contribution in [0.25, 0.3) is 0 Å². The highest BCUT2D eigenvalue weighted by Gasteiger charge is 2.15. The van der Waals surface area contributed by atoms with Crippen molar-refractivity contribution in [1.29, 1.82) is 0 Å². The smallest absolute Gasteiger partial charge is 0.146 e. The molecule has 2 N–H and O–H groups in total. The third-order valence-corrected chi connectivity index (χ3v) is 2.53. The van der Waals surface area contributed by atoms with Crippen LogP contribution in [0.4, 0.5) is 10.1 Å². The van der Waals surface area contributed by atoms with Crippen molar-refractivity contribution in [2.45, 2.75) is 26.8 Å². The average Bonchev–Trinajstić information content (AvgIpc) is 2.15. The van der Waals surface area contributed by atoms with Crippen LogP contribution >= 0.6 is 0 Å². The molecule has 0 bridgehead atoms. The van der Waals surface area contributed by atoms with Crippen molar-refractivity contribution in [2.24, 2.45) is 11.7 Å². The second kappa shape index (κ2) is 5.30. The van der Waals surface area contributed by atoms with Gasteiger partial charge in [0.1, 0.15) is 5.82 Å². The average molecular weight is 224 g/mol. The van der Waals surface area contributed by atoms with Crippen LogP contribution in [0.5, 0.6) is 0 Å². The fraction of sp³-hybridized carbons (Fsp3) is 0.538. The summed E-state index contributed by atoms with van der Waals surface area (Å²) < 4.78 is 13.8. The van der Waals surface area contributed by atoms with Crippen LogP contribution in [0.3, 0.4) is 0 Å². The minimum atomic E-state index is -0.196. The molecule has 90 valence electrons. The van der Waals surface area contributed by atoms with E-state index in [1.165, 1.54) is 6.07 Å². The van der Waals surface area contributed by atoms with E-state index >= 15 is 0 Å². The molecule has 1 atom stereocenters. The third kappa shape index (κ3) is 2.95. The summed E-state index contributed by atoms with van der Waals surface area (Å²) in [5.74, 6) is 0.295. The van der Waals surface area contributed by atoms with Crippen LogP contribution in [-0.4, -0.2) is 13.6 Å². The van der Waals surface area contributed by atoms with E-state index in [9.17, 15) is 4.39 Å². The lowest BCUT2D eigenvalue weighted by Gasteiger charge is -2.26. The maximum Gasteiger partial charge on any atom is 0.146 e. The van der Waals surface area contributed by atoms with E-state index in [-0.39, 0.29) is 11.9 Å². The lowest BCUT2D eigenvalue weighted by Crippen LogP contribution is -2.26. The number of benzene rings is 1. The molecular weight excluding hydrogens is 203 g/mol. The van der Waals surface area contributed by atoms with E-state index in [1.54, 1.807) is 6.07 Å². The Labute approximate surface area is 97.3 Å². The highest BCUT2D eigenvalue weighted by Crippen LogP contribution is 2.27. The molecule has 0 fully saturated rings. The quantitative estimate of drug-likeness (QED) is 0.852. The topological polar surface area (TPSA) is 29.3 Å². The van der Waals surface area contributed by atoms with Gasteiger partial charge in [-0.1, -0.05) is 26.0 Å². The Bertz CT molecular complexity index is 348. The molecule has 0 spiro atoms. The van der Waals surface area contributed by atoms with E-state index in [4.69, 9.17) is 5.73 Å². The molecule has 0 saturated heterocycles. The van der Waals surface area contributed by atoms with Gasteiger partial charge in [0.25, 0.3) is 0 Å². The molecular formula is C13H21FN2. The van der Waals surface area contributed by atoms with Gasteiger partial charge in [-0.2, -0.15) is 0 Å². The minimum absolute atomic E-state index is 0.152. The van der Waals surface area contributed by atoms with Crippen molar-refractivity contribution < 1.29 is 4.39 Å². The van der Waals surface area contributed by atoms with Crippen LogP contribution in [0.1, 0.15) is 32.4 Å². The molecule has 1 aromatic rings. The molecule has 0 heterocycles. The van der Waals surface area contributed by atoms with Crippen molar-refractivity contribution >= 4 is 5.69 Å². The molecule has 16 heavy (non-hydrogen) atoms. The Morgan fingerprint density at radius 3 is 2.44 bits per heavy atom. The Kier molecular flexibility index (Phi) is 4.30. The summed E-state index contributed by atoms with van der Waals surface area (Å²) in [6, 6.07) is 4.93. The number of nitrogens with zero attached hydrogens (tertiary/aromatic N) is 1. The summed E-state index contributed by atoms with van der Waals surface area (Å²) in [6.45, 7) is 6.92. The number of anilines is 1. The van der Waals surface area contributed by atoms with Crippen LogP contribution < -0.4 is 10.6 Å². The van der Waals surface area contributed by atoms with Crippen molar-refractivity contribution in [1.82, 2.24) is 0 Å². The Morgan fingerprint density at radius 2 is 1.94 bits per heavy atom. The van der Waals surface area contributed by atoms with E-state index in [0.717, 1.165) is 12.1 Å². The van der Waals surface area contributed by atoms with Crippen molar-refractivity contribution in [2.75, 3.05) is 18.5 Å². The highest BCUT2D eigenvalue weighted by molar-refractivity contribution is 5.55. The van der Waals surface area contributed by atoms with Crippen molar-refractivity contribution in [3.8, 4) is 0 Å². The van der Waals surface area contributed by atoms with Gasteiger partial charge in [0.05, 0.1) is 5.69 Å². The zero-order chi connectivity index (χ0) is 12.3. The zero-order valence-corrected chi connectivity index (χ0v) is 10.5. The van der Waals surface area contributed by atoms with Gasteiger partial charge in [-0.3, -0.25) is 0 Å². The molecule has 0 aliphatic carbocycles. The standard InChI is InChI=1S/C13H21FN2/c1-9(2)8-16(4)13-11(10(3)15)6-5-7-12(13)14/h5-7,9-10H,8,15H2,1-4H3/t10-/m1/s1. The van der Waals surface area contributed by atoms with Gasteiger partial charge in [0, 0.05) is 19.6 Å². The van der Waals surface area contributed by atoms with E-state index < -0.39 is 0 Å². The lowest BCUT2D eigenvalue weighted by atomic mass is 10.0. The number of nitrogens with two attached hydrogens (primary N) is 1. The second-order valence-corrected chi connectivity index (χ2v) is 4.74. The monoisotopic (exact) mass is 224 g/mol. The molecule has 0 aliphatic rings. The molecule has 1 aromatic carbocycles. The van der Waals surface area contributed by atoms with Crippen LogP contribution in [-0.2, 0) is 0 Å². The van der Waals surface area contributed by atoms with E-state index in [2.05, 4.69) is 13.8 Å². The maximum absolute atomic E-state index is 13.8. The maximum atomic E-state index is 13.8. The summed E-state index contributed by atoms with van der Waals surface area (Å²) in [5, 5.41) is 0. The summed E-state index contributed by atoms with van der Waals surface area (Å²) >= 11 is 0. The molecule has 0 amide bonds. The molecule has 2 nitrogen and oxygen atoms in total. The van der Waals surface area contributed by atoms with Crippen LogP contribution in [0.15, 0.2) is 18.2 Å². The number of hydrogen-bond acceptors (Lipinski definition) is 2. The first-order valence-electron chi connectivity index (χ1n) is 5.68. The molecule has 0 saturated carbocycles. The Morgan fingerprint density at radius 1 is 1.31 bits per heavy atom. The number of hydrogen-bond donors (Lipinski definition) is 1. The van der Waals surface area contributed by atoms with Gasteiger partial charge in [0.2, 0.25) is 0 Å². The summed E-state index contributed by atoms with van der Waals surface area (Å²) in [6.07, 6.45) is 0. The van der Waals surface area contributed by atoms with Gasteiger partial charge in [0.15, 0.2) is 0 Å². The van der Waals surface area contributed by atoms with Crippen molar-refractivity contribution in [3.05, 3.63) is 29.6 Å². The van der Waals surface area contributed by atoms with E-state index in [1.807, 2.05) is 24.9 Å². The molecule has 3 heteroatoms. The number of para-hydroxylation sites is 1. The Balaban J connectivity index is 3.09. The minimum Gasteiger partial charge on any atom is -0.372 e. The van der Waals surface area contributed by atoms with Gasteiger partial charge in [-0.05, 0) is 24.5 Å². The SMILES string of the molecule is CC(C)CN(C)c1c(F)cccc1[C@@H](C)N. The number of halogens is 1. The first kappa shape index (κ1) is 13.0. The largest absolute Gasteiger partial charge is 0.372 e. The van der Waals surface area contributed by atoms with Crippen LogP contribution in [0, 0.1) is 11.7 Å². The Hall–Kier alpha value is -1.09. The molecule has 0 radical (unpaired) electrons. The summed E-state index contributed by atoms with van der Waals surface area (Å²) in [7, 11) is 1.91. The van der Waals surface area contributed by atoms with Gasteiger partial charge >= 0.3 is 0 Å². The van der Waals surface area contributed by atoms with Crippen LogP contribution in [0.2, 0.25) is 0 Å². The summed E-state index contributed by atoms with van der Waals surface area (Å²) in [4.78, 5) is 1.94. The molecule has 0 unspecified atom stereocenters. The van der Waals surface area contributed by atoms with Gasteiger partial charge in [-0.25, -0.2) is 4.39 Å². The third-order valence-electron chi connectivity index (χ3n) is 2.53. The second-order valence-electron chi connectivity index (χ2n) is 4.74. The predicted molar refractivity (Wildman–Crippen MR) is 67.1 cm³/mol.